The van der Waals surface area contributed by atoms with Crippen LogP contribution < -0.4 is 16.4 Å². The third kappa shape index (κ3) is 3.79. The van der Waals surface area contributed by atoms with Crippen LogP contribution >= 0.6 is 0 Å². The highest BCUT2D eigenvalue weighted by atomic mass is 16.1. The molecule has 6 nitrogen and oxygen atoms in total. The quantitative estimate of drug-likeness (QED) is 0.655. The van der Waals surface area contributed by atoms with Gasteiger partial charge in [0.15, 0.2) is 0 Å². The van der Waals surface area contributed by atoms with E-state index in [1.165, 1.54) is 11.1 Å². The number of fused-ring (bicyclic) bond motifs is 1. The van der Waals surface area contributed by atoms with Crippen LogP contribution in [0.5, 0.6) is 0 Å². The van der Waals surface area contributed by atoms with E-state index in [2.05, 4.69) is 33.8 Å². The number of hydrogen-bond donors (Lipinski definition) is 3. The first-order chi connectivity index (χ1) is 13.6. The number of carbonyl (C=O) groups excluding carboxylic acids is 1. The molecule has 138 valence electrons. The summed E-state index contributed by atoms with van der Waals surface area (Å²) in [4.78, 5) is 17.1. The molecule has 1 aliphatic rings. The normalized spacial score (nSPS) is 12.8. The van der Waals surface area contributed by atoms with Crippen LogP contribution in [0.25, 0.3) is 0 Å². The Labute approximate surface area is 163 Å². The molecule has 0 bridgehead atoms. The van der Waals surface area contributed by atoms with Gasteiger partial charge >= 0.3 is 0 Å². The van der Waals surface area contributed by atoms with Crippen molar-refractivity contribution in [1.82, 2.24) is 10.3 Å². The zero-order valence-electron chi connectivity index (χ0n) is 15.1. The van der Waals surface area contributed by atoms with Crippen LogP contribution in [0.3, 0.4) is 0 Å². The van der Waals surface area contributed by atoms with E-state index < -0.39 is 0 Å². The van der Waals surface area contributed by atoms with Crippen LogP contribution in [0.1, 0.15) is 27.2 Å². The minimum atomic E-state index is -0.243. The van der Waals surface area contributed by atoms with Gasteiger partial charge in [-0.25, -0.2) is 4.98 Å². The molecular weight excluding hydrogens is 350 g/mol. The molecule has 1 amide bonds. The highest BCUT2D eigenvalue weighted by Crippen LogP contribution is 2.23. The molecule has 1 aromatic heterocycles. The van der Waals surface area contributed by atoms with Crippen LogP contribution in [0, 0.1) is 11.3 Å². The number of pyridine rings is 1. The molecule has 28 heavy (non-hydrogen) atoms. The molecule has 4 N–H and O–H groups in total. The minimum Gasteiger partial charge on any atom is -0.399 e. The topological polar surface area (TPSA) is 104 Å². The largest absolute Gasteiger partial charge is 0.399 e. The van der Waals surface area contributed by atoms with Crippen molar-refractivity contribution in [2.75, 3.05) is 11.1 Å². The van der Waals surface area contributed by atoms with Crippen molar-refractivity contribution in [3.8, 4) is 6.07 Å². The van der Waals surface area contributed by atoms with Crippen molar-refractivity contribution in [1.29, 1.82) is 5.26 Å². The monoisotopic (exact) mass is 369 g/mol. The van der Waals surface area contributed by atoms with E-state index in [4.69, 9.17) is 11.0 Å². The molecule has 0 aliphatic heterocycles. The second-order valence-corrected chi connectivity index (χ2v) is 6.83. The van der Waals surface area contributed by atoms with Crippen molar-refractivity contribution in [3.05, 3.63) is 83.0 Å². The first kappa shape index (κ1) is 17.6. The zero-order valence-corrected chi connectivity index (χ0v) is 15.1. The van der Waals surface area contributed by atoms with Crippen molar-refractivity contribution in [3.63, 3.8) is 0 Å². The van der Waals surface area contributed by atoms with Gasteiger partial charge in [0.25, 0.3) is 5.91 Å². The van der Waals surface area contributed by atoms with E-state index in [-0.39, 0.29) is 17.6 Å². The van der Waals surface area contributed by atoms with Crippen LogP contribution in [0.2, 0.25) is 0 Å². The average Bonchev–Trinajstić information content (AvgIpc) is 3.10. The average molecular weight is 369 g/mol. The second kappa shape index (κ2) is 7.41. The number of nitrogen functional groups attached to an aromatic ring is 1. The summed E-state index contributed by atoms with van der Waals surface area (Å²) in [6.07, 6.45) is 1.64. The number of hydrogen-bond acceptors (Lipinski definition) is 5. The molecule has 0 radical (unpaired) electrons. The number of anilines is 3. The fraction of sp³-hybridized carbons (Fsp3) is 0.136. The molecule has 0 saturated heterocycles. The Bertz CT molecular complexity index is 1040. The van der Waals surface area contributed by atoms with Gasteiger partial charge in [-0.1, -0.05) is 24.3 Å². The molecule has 2 aromatic carbocycles. The molecule has 1 heterocycles. The number of benzene rings is 2. The molecule has 0 saturated carbocycles. The Balaban J connectivity index is 1.47. The third-order valence-electron chi connectivity index (χ3n) is 4.75. The Hall–Kier alpha value is -3.85. The van der Waals surface area contributed by atoms with E-state index in [9.17, 15) is 4.79 Å². The van der Waals surface area contributed by atoms with Crippen LogP contribution in [-0.2, 0) is 12.8 Å². The van der Waals surface area contributed by atoms with Gasteiger partial charge in [-0.05, 0) is 54.3 Å². The summed E-state index contributed by atoms with van der Waals surface area (Å²) in [5, 5.41) is 15.1. The SMILES string of the molecule is N#Cc1ccc(Nc2cc(N)cc(C(=O)NC3Cc4ccccc4C3)n2)cc1. The van der Waals surface area contributed by atoms with Gasteiger partial charge in [0.2, 0.25) is 0 Å². The van der Waals surface area contributed by atoms with Gasteiger partial charge in [0, 0.05) is 23.5 Å². The summed E-state index contributed by atoms with van der Waals surface area (Å²) in [5.74, 6) is 0.234. The first-order valence-electron chi connectivity index (χ1n) is 9.03. The summed E-state index contributed by atoms with van der Waals surface area (Å²) >= 11 is 0. The number of nitrogens with two attached hydrogens (primary N) is 1. The molecule has 4 rings (SSSR count). The maximum Gasteiger partial charge on any atom is 0.270 e. The second-order valence-electron chi connectivity index (χ2n) is 6.83. The Morgan fingerprint density at radius 2 is 1.75 bits per heavy atom. The Morgan fingerprint density at radius 3 is 2.39 bits per heavy atom. The van der Waals surface area contributed by atoms with Gasteiger partial charge in [0.1, 0.15) is 11.5 Å². The van der Waals surface area contributed by atoms with Gasteiger partial charge in [-0.15, -0.1) is 0 Å². The van der Waals surface area contributed by atoms with Gasteiger partial charge in [-0.2, -0.15) is 5.26 Å². The smallest absolute Gasteiger partial charge is 0.270 e. The van der Waals surface area contributed by atoms with Gasteiger partial charge in [0.05, 0.1) is 11.6 Å². The molecule has 1 aliphatic carbocycles. The summed E-state index contributed by atoms with van der Waals surface area (Å²) < 4.78 is 0. The predicted molar refractivity (Wildman–Crippen MR) is 108 cm³/mol. The predicted octanol–water partition coefficient (Wildman–Crippen LogP) is 3.18. The number of nitrogens with zero attached hydrogens (tertiary/aromatic N) is 2. The Morgan fingerprint density at radius 1 is 1.07 bits per heavy atom. The first-order valence-corrected chi connectivity index (χ1v) is 9.03. The molecule has 6 heteroatoms. The maximum atomic E-state index is 12.7. The lowest BCUT2D eigenvalue weighted by Gasteiger charge is -2.13. The number of rotatable bonds is 4. The van der Waals surface area contributed by atoms with E-state index in [0.29, 0.717) is 17.1 Å². The van der Waals surface area contributed by atoms with E-state index in [0.717, 1.165) is 18.5 Å². The molecular formula is C22H19N5O. The fourth-order valence-electron chi connectivity index (χ4n) is 3.43. The number of amides is 1. The standard InChI is InChI=1S/C22H19N5O/c23-13-14-5-7-18(8-6-14)25-21-12-17(24)11-20(27-21)22(28)26-19-9-15-3-1-2-4-16(15)10-19/h1-8,11-12,19H,9-10H2,(H,26,28)(H3,24,25,27). The molecule has 3 aromatic rings. The maximum absolute atomic E-state index is 12.7. The van der Waals surface area contributed by atoms with E-state index in [1.807, 2.05) is 12.1 Å². The fourth-order valence-corrected chi connectivity index (χ4v) is 3.43. The molecule has 0 atom stereocenters. The number of aromatic nitrogens is 1. The van der Waals surface area contributed by atoms with Gasteiger partial charge in [-0.3, -0.25) is 4.79 Å². The number of nitriles is 1. The highest BCUT2D eigenvalue weighted by Gasteiger charge is 2.23. The van der Waals surface area contributed by atoms with Crippen molar-refractivity contribution < 1.29 is 4.79 Å². The lowest BCUT2D eigenvalue weighted by molar-refractivity contribution is 0.0933. The summed E-state index contributed by atoms with van der Waals surface area (Å²) in [5.41, 5.74) is 10.6. The van der Waals surface area contributed by atoms with Crippen molar-refractivity contribution in [2.24, 2.45) is 0 Å². The van der Waals surface area contributed by atoms with Crippen LogP contribution in [0.15, 0.2) is 60.7 Å². The van der Waals surface area contributed by atoms with Crippen molar-refractivity contribution in [2.45, 2.75) is 18.9 Å². The zero-order chi connectivity index (χ0) is 19.5. The highest BCUT2D eigenvalue weighted by molar-refractivity contribution is 5.94. The minimum absolute atomic E-state index is 0.0584. The lowest BCUT2D eigenvalue weighted by atomic mass is 10.1. The Kier molecular flexibility index (Phi) is 4.65. The third-order valence-corrected chi connectivity index (χ3v) is 4.75. The summed E-state index contributed by atoms with van der Waals surface area (Å²) in [6, 6.07) is 20.6. The van der Waals surface area contributed by atoms with Gasteiger partial charge < -0.3 is 16.4 Å². The summed E-state index contributed by atoms with van der Waals surface area (Å²) in [6.45, 7) is 0. The molecule has 0 fully saturated rings. The van der Waals surface area contributed by atoms with Crippen LogP contribution in [-0.4, -0.2) is 16.9 Å². The van der Waals surface area contributed by atoms with E-state index in [1.54, 1.807) is 36.4 Å². The lowest BCUT2D eigenvalue weighted by Crippen LogP contribution is -2.35. The molecule has 0 spiro atoms. The van der Waals surface area contributed by atoms with Crippen molar-refractivity contribution >= 4 is 23.1 Å². The molecule has 0 unspecified atom stereocenters. The van der Waals surface area contributed by atoms with E-state index >= 15 is 0 Å². The summed E-state index contributed by atoms with van der Waals surface area (Å²) in [7, 11) is 0. The van der Waals surface area contributed by atoms with Crippen LogP contribution in [0.4, 0.5) is 17.2 Å². The number of nitrogens with one attached hydrogen (secondary N) is 2. The number of carbonyl (C=O) groups is 1.